The van der Waals surface area contributed by atoms with Crippen molar-refractivity contribution in [3.05, 3.63) is 0 Å². The van der Waals surface area contributed by atoms with Crippen molar-refractivity contribution in [1.82, 2.24) is 16.0 Å². The molecule has 0 aromatic rings. The number of rotatable bonds is 4. The van der Waals surface area contributed by atoms with Gasteiger partial charge in [-0.1, -0.05) is 0 Å². The highest BCUT2D eigenvalue weighted by molar-refractivity contribution is 5.74. The summed E-state index contributed by atoms with van der Waals surface area (Å²) in [6.45, 7) is 2.95. The molecule has 1 heterocycles. The van der Waals surface area contributed by atoms with Gasteiger partial charge in [0.15, 0.2) is 0 Å². The SMILES string of the molecule is CNCCNC(=O)NC1CCOCC1. The summed E-state index contributed by atoms with van der Waals surface area (Å²) in [5.41, 5.74) is 0. The molecule has 1 aliphatic rings. The van der Waals surface area contributed by atoms with E-state index < -0.39 is 0 Å². The van der Waals surface area contributed by atoms with Gasteiger partial charge in [0.05, 0.1) is 0 Å². The first kappa shape index (κ1) is 11.3. The Labute approximate surface area is 84.6 Å². The lowest BCUT2D eigenvalue weighted by atomic mass is 10.1. The predicted octanol–water partition coefficient (Wildman–Crippen LogP) is -0.316. The Kier molecular flexibility index (Phi) is 5.32. The number of nitrogens with one attached hydrogen (secondary N) is 3. The molecule has 1 aliphatic heterocycles. The fourth-order valence-corrected chi connectivity index (χ4v) is 1.38. The molecule has 5 nitrogen and oxygen atoms in total. The number of hydrogen-bond donors (Lipinski definition) is 3. The van der Waals surface area contributed by atoms with Gasteiger partial charge in [-0.05, 0) is 19.9 Å². The molecule has 5 heteroatoms. The fraction of sp³-hybridized carbons (Fsp3) is 0.889. The molecule has 82 valence electrons. The van der Waals surface area contributed by atoms with Crippen molar-refractivity contribution in [2.45, 2.75) is 18.9 Å². The molecule has 2 amide bonds. The zero-order chi connectivity index (χ0) is 10.2. The predicted molar refractivity (Wildman–Crippen MR) is 54.3 cm³/mol. The largest absolute Gasteiger partial charge is 0.381 e. The third-order valence-electron chi connectivity index (χ3n) is 2.22. The summed E-state index contributed by atoms with van der Waals surface area (Å²) in [5, 5.41) is 8.66. The Morgan fingerprint density at radius 2 is 2.07 bits per heavy atom. The van der Waals surface area contributed by atoms with Crippen LogP contribution >= 0.6 is 0 Å². The second-order valence-corrected chi connectivity index (χ2v) is 3.39. The Morgan fingerprint density at radius 1 is 1.36 bits per heavy atom. The average molecular weight is 201 g/mol. The lowest BCUT2D eigenvalue weighted by Crippen LogP contribution is -2.45. The average Bonchev–Trinajstić information content (AvgIpc) is 2.20. The highest BCUT2D eigenvalue weighted by atomic mass is 16.5. The molecule has 0 saturated carbocycles. The van der Waals surface area contributed by atoms with Gasteiger partial charge in [-0.15, -0.1) is 0 Å². The molecule has 0 aliphatic carbocycles. The minimum absolute atomic E-state index is 0.0767. The van der Waals surface area contributed by atoms with Gasteiger partial charge >= 0.3 is 6.03 Å². The van der Waals surface area contributed by atoms with Gasteiger partial charge in [0.1, 0.15) is 0 Å². The van der Waals surface area contributed by atoms with E-state index in [0.717, 1.165) is 32.6 Å². The molecule has 0 aromatic heterocycles. The van der Waals surface area contributed by atoms with E-state index in [0.29, 0.717) is 6.54 Å². The quantitative estimate of drug-likeness (QED) is 0.546. The lowest BCUT2D eigenvalue weighted by Gasteiger charge is -2.23. The van der Waals surface area contributed by atoms with Crippen LogP contribution in [0.4, 0.5) is 4.79 Å². The van der Waals surface area contributed by atoms with Crippen molar-refractivity contribution in [3.8, 4) is 0 Å². The smallest absolute Gasteiger partial charge is 0.315 e. The number of likely N-dealkylation sites (N-methyl/N-ethyl adjacent to an activating group) is 1. The monoisotopic (exact) mass is 201 g/mol. The summed E-state index contributed by atoms with van der Waals surface area (Å²) in [6, 6.07) is 0.200. The summed E-state index contributed by atoms with van der Waals surface area (Å²) < 4.78 is 5.20. The van der Waals surface area contributed by atoms with Crippen LogP contribution in [0.15, 0.2) is 0 Å². The zero-order valence-corrected chi connectivity index (χ0v) is 8.64. The van der Waals surface area contributed by atoms with Crippen LogP contribution in [-0.2, 0) is 4.74 Å². The molecule has 0 atom stereocenters. The first-order chi connectivity index (χ1) is 6.83. The minimum Gasteiger partial charge on any atom is -0.381 e. The van der Waals surface area contributed by atoms with Gasteiger partial charge in [0, 0.05) is 32.3 Å². The van der Waals surface area contributed by atoms with Crippen LogP contribution in [0.25, 0.3) is 0 Å². The standard InChI is InChI=1S/C9H19N3O2/c1-10-4-5-11-9(13)12-8-2-6-14-7-3-8/h8,10H,2-7H2,1H3,(H2,11,12,13). The number of ether oxygens (including phenoxy) is 1. The molecule has 1 saturated heterocycles. The topological polar surface area (TPSA) is 62.4 Å². The van der Waals surface area contributed by atoms with Crippen molar-refractivity contribution in [2.24, 2.45) is 0 Å². The van der Waals surface area contributed by atoms with Gasteiger partial charge in [-0.3, -0.25) is 0 Å². The molecule has 3 N–H and O–H groups in total. The third kappa shape index (κ3) is 4.43. The van der Waals surface area contributed by atoms with Crippen molar-refractivity contribution < 1.29 is 9.53 Å². The Bertz CT molecular complexity index is 169. The molecule has 0 bridgehead atoms. The highest BCUT2D eigenvalue weighted by Crippen LogP contribution is 2.05. The van der Waals surface area contributed by atoms with E-state index in [1.54, 1.807) is 0 Å². The minimum atomic E-state index is -0.0767. The normalized spacial score (nSPS) is 17.8. The molecular weight excluding hydrogens is 182 g/mol. The van der Waals surface area contributed by atoms with Crippen LogP contribution in [0.2, 0.25) is 0 Å². The molecule has 0 radical (unpaired) electrons. The summed E-state index contributed by atoms with van der Waals surface area (Å²) in [5.74, 6) is 0. The number of hydrogen-bond acceptors (Lipinski definition) is 3. The van der Waals surface area contributed by atoms with Gasteiger partial charge in [0.25, 0.3) is 0 Å². The summed E-state index contributed by atoms with van der Waals surface area (Å²) in [7, 11) is 1.86. The van der Waals surface area contributed by atoms with Gasteiger partial charge < -0.3 is 20.7 Å². The van der Waals surface area contributed by atoms with E-state index in [1.807, 2.05) is 7.05 Å². The summed E-state index contributed by atoms with van der Waals surface area (Å²) in [4.78, 5) is 11.3. The lowest BCUT2D eigenvalue weighted by molar-refractivity contribution is 0.0801. The molecule has 0 spiro atoms. The van der Waals surface area contributed by atoms with Crippen molar-refractivity contribution in [2.75, 3.05) is 33.4 Å². The number of carbonyl (C=O) groups excluding carboxylic acids is 1. The first-order valence-corrected chi connectivity index (χ1v) is 5.09. The van der Waals surface area contributed by atoms with Gasteiger partial charge in [-0.25, -0.2) is 4.79 Å². The van der Waals surface area contributed by atoms with E-state index in [9.17, 15) is 4.79 Å². The Balaban J connectivity index is 2.06. The van der Waals surface area contributed by atoms with E-state index >= 15 is 0 Å². The number of carbonyl (C=O) groups is 1. The van der Waals surface area contributed by atoms with Gasteiger partial charge in [0.2, 0.25) is 0 Å². The third-order valence-corrected chi connectivity index (χ3v) is 2.22. The first-order valence-electron chi connectivity index (χ1n) is 5.09. The molecule has 14 heavy (non-hydrogen) atoms. The molecule has 1 fully saturated rings. The summed E-state index contributed by atoms with van der Waals surface area (Å²) in [6.07, 6.45) is 1.83. The zero-order valence-electron chi connectivity index (χ0n) is 8.64. The van der Waals surface area contributed by atoms with Crippen LogP contribution in [0, 0.1) is 0 Å². The Hall–Kier alpha value is -0.810. The van der Waals surface area contributed by atoms with Crippen LogP contribution in [0.3, 0.4) is 0 Å². The van der Waals surface area contributed by atoms with Crippen molar-refractivity contribution in [1.29, 1.82) is 0 Å². The van der Waals surface area contributed by atoms with Crippen LogP contribution < -0.4 is 16.0 Å². The second-order valence-electron chi connectivity index (χ2n) is 3.39. The van der Waals surface area contributed by atoms with Gasteiger partial charge in [-0.2, -0.15) is 0 Å². The van der Waals surface area contributed by atoms with Crippen LogP contribution in [0.1, 0.15) is 12.8 Å². The molecule has 1 rings (SSSR count). The van der Waals surface area contributed by atoms with Crippen LogP contribution in [0.5, 0.6) is 0 Å². The van der Waals surface area contributed by atoms with E-state index in [2.05, 4.69) is 16.0 Å². The second kappa shape index (κ2) is 6.62. The van der Waals surface area contributed by atoms with E-state index in [1.165, 1.54) is 0 Å². The van der Waals surface area contributed by atoms with E-state index in [-0.39, 0.29) is 12.1 Å². The maximum atomic E-state index is 11.3. The fourth-order valence-electron chi connectivity index (χ4n) is 1.38. The maximum Gasteiger partial charge on any atom is 0.315 e. The summed E-state index contributed by atoms with van der Waals surface area (Å²) >= 11 is 0. The molecular formula is C9H19N3O2. The van der Waals surface area contributed by atoms with Crippen molar-refractivity contribution >= 4 is 6.03 Å². The van der Waals surface area contributed by atoms with E-state index in [4.69, 9.17) is 4.74 Å². The highest BCUT2D eigenvalue weighted by Gasteiger charge is 2.15. The van der Waals surface area contributed by atoms with Crippen molar-refractivity contribution in [3.63, 3.8) is 0 Å². The maximum absolute atomic E-state index is 11.3. The Morgan fingerprint density at radius 3 is 2.71 bits per heavy atom. The number of amides is 2. The number of urea groups is 1. The molecule has 0 unspecified atom stereocenters. The van der Waals surface area contributed by atoms with Crippen LogP contribution in [-0.4, -0.2) is 45.4 Å². The molecule has 0 aromatic carbocycles.